The molecule has 27 heavy (non-hydrogen) atoms. The van der Waals surface area contributed by atoms with Crippen molar-refractivity contribution in [2.75, 3.05) is 20.8 Å². The van der Waals surface area contributed by atoms with Crippen LogP contribution in [0, 0.1) is 0 Å². The van der Waals surface area contributed by atoms with Gasteiger partial charge in [-0.2, -0.15) is 0 Å². The first-order chi connectivity index (χ1) is 13.1. The van der Waals surface area contributed by atoms with Gasteiger partial charge in [-0.15, -0.1) is 0 Å². The molecule has 140 valence electrons. The van der Waals surface area contributed by atoms with Crippen LogP contribution >= 0.6 is 12.2 Å². The molecular weight excluding hydrogens is 360 g/mol. The summed E-state index contributed by atoms with van der Waals surface area (Å²) < 4.78 is 10.8. The fourth-order valence-corrected chi connectivity index (χ4v) is 4.23. The fraction of sp³-hybridized carbons (Fsp3) is 0.333. The van der Waals surface area contributed by atoms with Crippen molar-refractivity contribution in [1.82, 2.24) is 9.80 Å². The molecule has 2 aliphatic rings. The molecule has 2 aromatic carbocycles. The Morgan fingerprint density at radius 3 is 2.41 bits per heavy atom. The summed E-state index contributed by atoms with van der Waals surface area (Å²) in [6.07, 6.45) is 1.43. The van der Waals surface area contributed by atoms with E-state index in [2.05, 4.69) is 12.1 Å². The molecule has 4 rings (SSSR count). The van der Waals surface area contributed by atoms with Crippen molar-refractivity contribution in [3.8, 4) is 11.5 Å². The maximum atomic E-state index is 13.0. The zero-order valence-corrected chi connectivity index (χ0v) is 16.3. The molecule has 0 bridgehead atoms. The normalized spacial score (nSPS) is 18.4. The predicted octanol–water partition coefficient (Wildman–Crippen LogP) is 2.80. The van der Waals surface area contributed by atoms with Crippen molar-refractivity contribution in [2.24, 2.45) is 0 Å². The van der Waals surface area contributed by atoms with Gasteiger partial charge in [0.05, 0.1) is 14.2 Å². The van der Waals surface area contributed by atoms with Crippen molar-refractivity contribution in [3.63, 3.8) is 0 Å². The van der Waals surface area contributed by atoms with Gasteiger partial charge in [-0.3, -0.25) is 9.69 Å². The summed E-state index contributed by atoms with van der Waals surface area (Å²) in [5, 5.41) is 0.626. The molecule has 0 N–H and O–H groups in total. The van der Waals surface area contributed by atoms with Gasteiger partial charge in [0.25, 0.3) is 5.91 Å². The van der Waals surface area contributed by atoms with Crippen LogP contribution in [-0.4, -0.2) is 47.6 Å². The predicted molar refractivity (Wildman–Crippen MR) is 107 cm³/mol. The van der Waals surface area contributed by atoms with E-state index in [0.29, 0.717) is 36.1 Å². The number of fused-ring (bicyclic) bond motifs is 2. The molecule has 1 amide bonds. The average molecular weight is 382 g/mol. The summed E-state index contributed by atoms with van der Waals surface area (Å²) in [6, 6.07) is 13.9. The lowest BCUT2D eigenvalue weighted by molar-refractivity contribution is -0.128. The minimum atomic E-state index is -0.223. The van der Waals surface area contributed by atoms with Gasteiger partial charge in [-0.05, 0) is 47.5 Å². The lowest BCUT2D eigenvalue weighted by Gasteiger charge is -2.31. The molecule has 1 saturated heterocycles. The van der Waals surface area contributed by atoms with Gasteiger partial charge in [-0.25, -0.2) is 0 Å². The van der Waals surface area contributed by atoms with E-state index in [1.807, 2.05) is 35.2 Å². The van der Waals surface area contributed by atoms with Crippen LogP contribution in [0.3, 0.4) is 0 Å². The van der Waals surface area contributed by atoms with Crippen molar-refractivity contribution in [3.05, 3.63) is 59.2 Å². The zero-order valence-electron chi connectivity index (χ0n) is 15.5. The van der Waals surface area contributed by atoms with E-state index < -0.39 is 0 Å². The second-order valence-electron chi connectivity index (χ2n) is 6.83. The smallest absolute Gasteiger partial charge is 0.251 e. The van der Waals surface area contributed by atoms with Gasteiger partial charge in [0.15, 0.2) is 16.6 Å². The highest BCUT2D eigenvalue weighted by Gasteiger charge is 2.44. The molecule has 1 fully saturated rings. The van der Waals surface area contributed by atoms with Crippen LogP contribution in [-0.2, 0) is 24.2 Å². The highest BCUT2D eigenvalue weighted by atomic mass is 32.1. The van der Waals surface area contributed by atoms with Gasteiger partial charge < -0.3 is 14.4 Å². The average Bonchev–Trinajstić information content (AvgIpc) is 2.94. The number of rotatable bonds is 5. The number of benzene rings is 2. The first kappa shape index (κ1) is 17.8. The summed E-state index contributed by atoms with van der Waals surface area (Å²) in [6.45, 7) is 1.23. The lowest BCUT2D eigenvalue weighted by atomic mass is 9.94. The third-order valence-electron chi connectivity index (χ3n) is 5.33. The number of hydrogen-bond donors (Lipinski definition) is 0. The van der Waals surface area contributed by atoms with Gasteiger partial charge in [0.1, 0.15) is 6.04 Å². The number of methoxy groups -OCH3 is 2. The minimum absolute atomic E-state index is 0.0939. The number of nitrogens with zero attached hydrogens (tertiary/aromatic N) is 2. The van der Waals surface area contributed by atoms with E-state index in [4.69, 9.17) is 21.7 Å². The van der Waals surface area contributed by atoms with Gasteiger partial charge >= 0.3 is 0 Å². The van der Waals surface area contributed by atoms with Crippen LogP contribution in [0.2, 0.25) is 0 Å². The van der Waals surface area contributed by atoms with Crippen LogP contribution in [0.1, 0.15) is 16.7 Å². The largest absolute Gasteiger partial charge is 0.493 e. The zero-order chi connectivity index (χ0) is 19.0. The first-order valence-electron chi connectivity index (χ1n) is 9.02. The molecule has 0 saturated carbocycles. The van der Waals surface area contributed by atoms with E-state index in [1.54, 1.807) is 19.1 Å². The van der Waals surface area contributed by atoms with E-state index in [9.17, 15) is 4.79 Å². The number of ether oxygens (including phenoxy) is 2. The molecule has 2 heterocycles. The Morgan fingerprint density at radius 2 is 1.74 bits per heavy atom. The summed E-state index contributed by atoms with van der Waals surface area (Å²) in [5.74, 6) is 1.49. The second-order valence-corrected chi connectivity index (χ2v) is 7.20. The van der Waals surface area contributed by atoms with Crippen molar-refractivity contribution in [2.45, 2.75) is 25.4 Å². The molecule has 2 aromatic rings. The maximum Gasteiger partial charge on any atom is 0.251 e. The lowest BCUT2D eigenvalue weighted by Crippen LogP contribution is -2.40. The van der Waals surface area contributed by atoms with Crippen molar-refractivity contribution in [1.29, 1.82) is 0 Å². The summed E-state index contributed by atoms with van der Waals surface area (Å²) in [5.41, 5.74) is 3.45. The Balaban J connectivity index is 1.55. The number of amides is 1. The van der Waals surface area contributed by atoms with E-state index in [1.165, 1.54) is 5.56 Å². The Labute approximate surface area is 164 Å². The molecule has 0 aliphatic carbocycles. The highest BCUT2D eigenvalue weighted by molar-refractivity contribution is 7.80. The van der Waals surface area contributed by atoms with Crippen LogP contribution < -0.4 is 9.47 Å². The van der Waals surface area contributed by atoms with E-state index >= 15 is 0 Å². The SMILES string of the molecule is COc1cc2c(cc1OC)CN1C(=S)N(CCc3ccccc3)C(=O)C1C2. The molecular formula is C21H22N2O3S. The second kappa shape index (κ2) is 7.19. The number of carbonyl (C=O) groups excluding carboxylic acids is 1. The van der Waals surface area contributed by atoms with E-state index in [0.717, 1.165) is 17.5 Å². The Hall–Kier alpha value is -2.60. The maximum absolute atomic E-state index is 13.0. The van der Waals surface area contributed by atoms with Crippen LogP contribution in [0.4, 0.5) is 0 Å². The first-order valence-corrected chi connectivity index (χ1v) is 9.43. The molecule has 0 radical (unpaired) electrons. The van der Waals surface area contributed by atoms with Crippen LogP contribution in [0.15, 0.2) is 42.5 Å². The molecule has 2 aliphatic heterocycles. The summed E-state index contributed by atoms with van der Waals surface area (Å²) >= 11 is 5.64. The molecule has 0 spiro atoms. The quantitative estimate of drug-likeness (QED) is 0.744. The Kier molecular flexibility index (Phi) is 4.74. The topological polar surface area (TPSA) is 42.0 Å². The third kappa shape index (κ3) is 3.14. The molecule has 5 nitrogen and oxygen atoms in total. The van der Waals surface area contributed by atoms with Crippen LogP contribution in [0.5, 0.6) is 11.5 Å². The third-order valence-corrected chi connectivity index (χ3v) is 5.79. The highest BCUT2D eigenvalue weighted by Crippen LogP contribution is 2.37. The molecule has 1 atom stereocenters. The number of hydrogen-bond acceptors (Lipinski definition) is 4. The standard InChI is InChI=1S/C21H22N2O3S/c1-25-18-11-15-10-17-20(24)22(9-8-14-6-4-3-5-7-14)21(27)23(17)13-16(15)12-19(18)26-2/h3-7,11-12,17H,8-10,13H2,1-2H3. The van der Waals surface area contributed by atoms with Gasteiger partial charge in [-0.1, -0.05) is 30.3 Å². The minimum Gasteiger partial charge on any atom is -0.493 e. The van der Waals surface area contributed by atoms with E-state index in [-0.39, 0.29) is 11.9 Å². The molecule has 6 heteroatoms. The van der Waals surface area contributed by atoms with Gasteiger partial charge in [0.2, 0.25) is 0 Å². The molecule has 0 aromatic heterocycles. The van der Waals surface area contributed by atoms with Crippen LogP contribution in [0.25, 0.3) is 0 Å². The van der Waals surface area contributed by atoms with Crippen molar-refractivity contribution < 1.29 is 14.3 Å². The summed E-state index contributed by atoms with van der Waals surface area (Å²) in [7, 11) is 3.26. The number of thiocarbonyl (C=S) groups is 1. The van der Waals surface area contributed by atoms with Gasteiger partial charge in [0, 0.05) is 19.5 Å². The Morgan fingerprint density at radius 1 is 1.07 bits per heavy atom. The monoisotopic (exact) mass is 382 g/mol. The Bertz CT molecular complexity index is 833. The molecule has 1 unspecified atom stereocenters. The number of carbonyl (C=O) groups is 1. The van der Waals surface area contributed by atoms with Crippen molar-refractivity contribution >= 4 is 23.2 Å². The summed E-state index contributed by atoms with van der Waals surface area (Å²) in [4.78, 5) is 16.8. The fourth-order valence-electron chi connectivity index (χ4n) is 3.85.